The third kappa shape index (κ3) is 5.86. The van der Waals surface area contributed by atoms with Crippen LogP contribution in [0.1, 0.15) is 17.5 Å². The average Bonchev–Trinajstić information content (AvgIpc) is 3.39. The van der Waals surface area contributed by atoms with E-state index in [0.717, 1.165) is 30.0 Å². The number of nitrogens with zero attached hydrogens (tertiary/aromatic N) is 5. The Hall–Kier alpha value is -2.39. The fourth-order valence-corrected chi connectivity index (χ4v) is 3.64. The number of nitrogens with one attached hydrogen (secondary N) is 1. The molecule has 3 heterocycles. The second-order valence-corrected chi connectivity index (χ2v) is 7.25. The summed E-state index contributed by atoms with van der Waals surface area (Å²) in [6.45, 7) is 3.59. The Bertz CT molecular complexity index is 954. The van der Waals surface area contributed by atoms with E-state index in [0.29, 0.717) is 25.5 Å². The molecule has 8 nitrogen and oxygen atoms in total. The molecule has 2 aromatic heterocycles. The van der Waals surface area contributed by atoms with Crippen molar-refractivity contribution >= 4 is 30.7 Å². The highest BCUT2D eigenvalue weighted by Gasteiger charge is 2.28. The number of hydrogen-bond acceptors (Lipinski definition) is 6. The molecule has 1 amide bonds. The van der Waals surface area contributed by atoms with Crippen LogP contribution in [0.4, 0.5) is 0 Å². The molecule has 0 radical (unpaired) electrons. The monoisotopic (exact) mass is 466 g/mol. The molecule has 1 atom stereocenters. The van der Waals surface area contributed by atoms with Crippen LogP contribution in [0.3, 0.4) is 0 Å². The highest BCUT2D eigenvalue weighted by molar-refractivity contribution is 5.85. The Morgan fingerprint density at radius 3 is 2.45 bits per heavy atom. The molecular weight excluding hydrogens is 439 g/mol. The highest BCUT2D eigenvalue weighted by Crippen LogP contribution is 2.21. The van der Waals surface area contributed by atoms with Gasteiger partial charge in [-0.3, -0.25) is 14.4 Å². The van der Waals surface area contributed by atoms with Gasteiger partial charge in [0.15, 0.2) is 5.76 Å². The molecule has 1 aliphatic heterocycles. The standard InChI is InChI=1S/C21H26N6O2.2ClH/c1-22-20(17-12-24-25(2)14-17)21(28)27-10-8-26(9-11-27)15-19-23-13-18(29-19)16-6-4-3-5-7-16;;/h3-7,12-14,20,22H,8-11,15H2,1-2H3;2*1H. The molecule has 0 saturated carbocycles. The first-order valence-corrected chi connectivity index (χ1v) is 9.81. The van der Waals surface area contributed by atoms with Gasteiger partial charge in [0.1, 0.15) is 6.04 Å². The van der Waals surface area contributed by atoms with E-state index in [1.807, 2.05) is 48.5 Å². The van der Waals surface area contributed by atoms with E-state index in [1.165, 1.54) is 0 Å². The Kier molecular flexibility index (Phi) is 9.06. The highest BCUT2D eigenvalue weighted by atomic mass is 35.5. The number of carbonyl (C=O) groups excluding carboxylic acids is 1. The van der Waals surface area contributed by atoms with Crippen LogP contribution in [0.5, 0.6) is 0 Å². The Labute approximate surface area is 194 Å². The molecule has 1 aliphatic rings. The maximum Gasteiger partial charge on any atom is 0.244 e. The van der Waals surface area contributed by atoms with Gasteiger partial charge in [0.05, 0.1) is 18.9 Å². The summed E-state index contributed by atoms with van der Waals surface area (Å²) >= 11 is 0. The fraction of sp³-hybridized carbons (Fsp3) is 0.381. The fourth-order valence-electron chi connectivity index (χ4n) is 3.64. The first-order chi connectivity index (χ1) is 14.1. The maximum absolute atomic E-state index is 12.9. The lowest BCUT2D eigenvalue weighted by Gasteiger charge is -2.35. The van der Waals surface area contributed by atoms with Crippen LogP contribution in [-0.4, -0.2) is 63.7 Å². The number of likely N-dealkylation sites (N-methyl/N-ethyl adjacent to an activating group) is 1. The smallest absolute Gasteiger partial charge is 0.244 e. The summed E-state index contributed by atoms with van der Waals surface area (Å²) in [7, 11) is 3.66. The van der Waals surface area contributed by atoms with Gasteiger partial charge in [0.25, 0.3) is 0 Å². The van der Waals surface area contributed by atoms with Crippen LogP contribution in [0.15, 0.2) is 53.3 Å². The van der Waals surface area contributed by atoms with Crippen molar-refractivity contribution in [3.05, 3.63) is 60.4 Å². The van der Waals surface area contributed by atoms with Gasteiger partial charge in [-0.05, 0) is 7.05 Å². The van der Waals surface area contributed by atoms with Gasteiger partial charge >= 0.3 is 0 Å². The maximum atomic E-state index is 12.9. The summed E-state index contributed by atoms with van der Waals surface area (Å²) in [6.07, 6.45) is 5.39. The van der Waals surface area contributed by atoms with Crippen molar-refractivity contribution in [1.29, 1.82) is 0 Å². The summed E-state index contributed by atoms with van der Waals surface area (Å²) < 4.78 is 7.62. The number of oxazole rings is 1. The van der Waals surface area contributed by atoms with Gasteiger partial charge < -0.3 is 14.6 Å². The van der Waals surface area contributed by atoms with E-state index >= 15 is 0 Å². The van der Waals surface area contributed by atoms with E-state index < -0.39 is 0 Å². The van der Waals surface area contributed by atoms with E-state index in [9.17, 15) is 4.79 Å². The van der Waals surface area contributed by atoms with Gasteiger partial charge in [-0.1, -0.05) is 30.3 Å². The predicted molar refractivity (Wildman–Crippen MR) is 123 cm³/mol. The topological polar surface area (TPSA) is 79.4 Å². The minimum atomic E-state index is -0.365. The lowest BCUT2D eigenvalue weighted by atomic mass is 10.1. The van der Waals surface area contributed by atoms with Crippen LogP contribution in [-0.2, 0) is 18.4 Å². The van der Waals surface area contributed by atoms with Crippen molar-refractivity contribution < 1.29 is 9.21 Å². The molecule has 1 unspecified atom stereocenters. The minimum Gasteiger partial charge on any atom is -0.439 e. The third-order valence-corrected chi connectivity index (χ3v) is 5.25. The molecule has 0 spiro atoms. The number of aryl methyl sites for hydroxylation is 1. The zero-order chi connectivity index (χ0) is 20.2. The summed E-state index contributed by atoms with van der Waals surface area (Å²) in [6, 6.07) is 9.60. The normalized spacial score (nSPS) is 15.1. The predicted octanol–water partition coefficient (Wildman–Crippen LogP) is 2.52. The Morgan fingerprint density at radius 2 is 1.84 bits per heavy atom. The minimum absolute atomic E-state index is 0. The molecule has 0 bridgehead atoms. The van der Waals surface area contributed by atoms with E-state index in [2.05, 4.69) is 20.3 Å². The number of aromatic nitrogens is 3. The zero-order valence-corrected chi connectivity index (χ0v) is 19.2. The molecule has 1 fully saturated rings. The molecule has 31 heavy (non-hydrogen) atoms. The van der Waals surface area contributed by atoms with Crippen LogP contribution in [0.2, 0.25) is 0 Å². The third-order valence-electron chi connectivity index (χ3n) is 5.25. The van der Waals surface area contributed by atoms with Crippen molar-refractivity contribution in [2.45, 2.75) is 12.6 Å². The first kappa shape index (κ1) is 24.9. The van der Waals surface area contributed by atoms with Crippen molar-refractivity contribution in [3.8, 4) is 11.3 Å². The average molecular weight is 467 g/mol. The number of rotatable bonds is 6. The van der Waals surface area contributed by atoms with Crippen molar-refractivity contribution in [2.24, 2.45) is 7.05 Å². The number of hydrogen-bond donors (Lipinski definition) is 1. The van der Waals surface area contributed by atoms with Crippen LogP contribution < -0.4 is 5.32 Å². The van der Waals surface area contributed by atoms with E-state index in [4.69, 9.17) is 4.42 Å². The van der Waals surface area contributed by atoms with Crippen LogP contribution in [0.25, 0.3) is 11.3 Å². The van der Waals surface area contributed by atoms with E-state index in [-0.39, 0.29) is 36.8 Å². The quantitative estimate of drug-likeness (QED) is 0.601. The molecule has 10 heteroatoms. The van der Waals surface area contributed by atoms with Gasteiger partial charge in [-0.15, -0.1) is 24.8 Å². The van der Waals surface area contributed by atoms with Crippen molar-refractivity contribution in [1.82, 2.24) is 29.9 Å². The van der Waals surface area contributed by atoms with Crippen molar-refractivity contribution in [2.75, 3.05) is 33.2 Å². The molecule has 1 N–H and O–H groups in total. The SMILES string of the molecule is CNC(C(=O)N1CCN(Cc2ncc(-c3ccccc3)o2)CC1)c1cnn(C)c1.Cl.Cl. The van der Waals surface area contributed by atoms with Gasteiger partial charge in [0.2, 0.25) is 11.8 Å². The lowest BCUT2D eigenvalue weighted by Crippen LogP contribution is -2.51. The summed E-state index contributed by atoms with van der Waals surface area (Å²) in [5, 5.41) is 7.29. The Balaban J connectivity index is 0.00000171. The molecule has 3 aromatic rings. The molecule has 0 aliphatic carbocycles. The van der Waals surface area contributed by atoms with E-state index in [1.54, 1.807) is 24.1 Å². The molecule has 4 rings (SSSR count). The number of amides is 1. The summed E-state index contributed by atoms with van der Waals surface area (Å²) in [5.74, 6) is 1.57. The number of carbonyl (C=O) groups is 1. The van der Waals surface area contributed by atoms with Crippen LogP contribution >= 0.6 is 24.8 Å². The van der Waals surface area contributed by atoms with Gasteiger partial charge in [0, 0.05) is 50.6 Å². The summed E-state index contributed by atoms with van der Waals surface area (Å²) in [4.78, 5) is 21.5. The number of piperazine rings is 1. The second-order valence-electron chi connectivity index (χ2n) is 7.25. The molecule has 1 saturated heterocycles. The Morgan fingerprint density at radius 1 is 1.13 bits per heavy atom. The molecule has 168 valence electrons. The summed E-state index contributed by atoms with van der Waals surface area (Å²) in [5.41, 5.74) is 1.91. The lowest BCUT2D eigenvalue weighted by molar-refractivity contribution is -0.135. The van der Waals surface area contributed by atoms with Crippen molar-refractivity contribution in [3.63, 3.8) is 0 Å². The van der Waals surface area contributed by atoms with Crippen LogP contribution in [0, 0.1) is 0 Å². The zero-order valence-electron chi connectivity index (χ0n) is 17.6. The molecular formula is C21H28Cl2N6O2. The largest absolute Gasteiger partial charge is 0.439 e. The first-order valence-electron chi connectivity index (χ1n) is 9.81. The molecule has 1 aromatic carbocycles. The number of halogens is 2. The van der Waals surface area contributed by atoms with Gasteiger partial charge in [-0.2, -0.15) is 5.10 Å². The van der Waals surface area contributed by atoms with Gasteiger partial charge in [-0.25, -0.2) is 4.98 Å². The second kappa shape index (κ2) is 11.3. The number of benzene rings is 1.